The second-order valence-electron chi connectivity index (χ2n) is 9.50. The van der Waals surface area contributed by atoms with E-state index in [4.69, 9.17) is 4.74 Å². The number of nitrogens with one attached hydrogen (secondary N) is 2. The van der Waals surface area contributed by atoms with Crippen LogP contribution in [0.4, 0.5) is 4.79 Å². The first-order valence-electron chi connectivity index (χ1n) is 11.8. The van der Waals surface area contributed by atoms with Gasteiger partial charge in [-0.05, 0) is 37.5 Å². The van der Waals surface area contributed by atoms with Gasteiger partial charge in [0, 0.05) is 25.0 Å². The molecule has 2 aliphatic carbocycles. The Labute approximate surface area is 176 Å². The molecule has 168 valence electrons. The van der Waals surface area contributed by atoms with E-state index in [-0.39, 0.29) is 29.9 Å². The van der Waals surface area contributed by atoms with Crippen molar-refractivity contribution in [2.75, 3.05) is 13.2 Å². The van der Waals surface area contributed by atoms with E-state index in [9.17, 15) is 14.7 Å². The minimum Gasteiger partial charge on any atom is -0.449 e. The van der Waals surface area contributed by atoms with Gasteiger partial charge in [-0.1, -0.05) is 52.9 Å². The highest BCUT2D eigenvalue weighted by Crippen LogP contribution is 2.30. The Morgan fingerprint density at radius 3 is 2.52 bits per heavy atom. The van der Waals surface area contributed by atoms with Crippen LogP contribution in [0.25, 0.3) is 0 Å². The second-order valence-corrected chi connectivity index (χ2v) is 9.50. The molecule has 2 aliphatic rings. The number of ketones is 1. The van der Waals surface area contributed by atoms with Crippen LogP contribution >= 0.6 is 0 Å². The quantitative estimate of drug-likeness (QED) is 0.430. The molecule has 2 saturated carbocycles. The van der Waals surface area contributed by atoms with Crippen molar-refractivity contribution in [3.63, 3.8) is 0 Å². The number of ether oxygens (including phenoxy) is 1. The van der Waals surface area contributed by atoms with Gasteiger partial charge in [0.25, 0.3) is 0 Å². The predicted molar refractivity (Wildman–Crippen MR) is 115 cm³/mol. The minimum atomic E-state index is -0.632. The van der Waals surface area contributed by atoms with Gasteiger partial charge in [0.15, 0.2) is 0 Å². The largest absolute Gasteiger partial charge is 0.449 e. The third-order valence-corrected chi connectivity index (χ3v) is 6.25. The van der Waals surface area contributed by atoms with Crippen LogP contribution < -0.4 is 10.6 Å². The normalized spacial score (nSPS) is 22.9. The Morgan fingerprint density at radius 2 is 1.93 bits per heavy atom. The topological polar surface area (TPSA) is 87.7 Å². The number of carbonyl (C=O) groups excluding carboxylic acids is 2. The van der Waals surface area contributed by atoms with Crippen LogP contribution in [0.1, 0.15) is 85.0 Å². The molecule has 0 bridgehead atoms. The number of hydrogen-bond donors (Lipinski definition) is 3. The van der Waals surface area contributed by atoms with Gasteiger partial charge in [-0.3, -0.25) is 4.79 Å². The third-order valence-electron chi connectivity index (χ3n) is 6.25. The average Bonchev–Trinajstić information content (AvgIpc) is 3.43. The van der Waals surface area contributed by atoms with Crippen LogP contribution in [-0.2, 0) is 9.53 Å². The Balaban J connectivity index is 1.81. The lowest BCUT2D eigenvalue weighted by atomic mass is 9.90. The van der Waals surface area contributed by atoms with E-state index >= 15 is 0 Å². The van der Waals surface area contributed by atoms with Crippen molar-refractivity contribution >= 4 is 11.9 Å². The summed E-state index contributed by atoms with van der Waals surface area (Å²) >= 11 is 0. The number of alkyl carbamates (subject to hydrolysis) is 1. The summed E-state index contributed by atoms with van der Waals surface area (Å²) in [6, 6.07) is -0.166. The molecule has 3 N–H and O–H groups in total. The van der Waals surface area contributed by atoms with E-state index in [1.165, 1.54) is 19.3 Å². The van der Waals surface area contributed by atoms with Crippen LogP contribution in [0, 0.1) is 17.8 Å². The molecule has 6 nitrogen and oxygen atoms in total. The Bertz CT molecular complexity index is 505. The van der Waals surface area contributed by atoms with E-state index in [1.807, 2.05) is 0 Å². The van der Waals surface area contributed by atoms with Crippen molar-refractivity contribution in [2.24, 2.45) is 17.8 Å². The summed E-state index contributed by atoms with van der Waals surface area (Å²) in [7, 11) is 0. The number of rotatable bonds is 13. The first-order chi connectivity index (χ1) is 13.9. The number of unbranched alkanes of at least 4 members (excludes halogenated alkanes) is 1. The fraction of sp³-hybridized carbons (Fsp3) is 0.913. The van der Waals surface area contributed by atoms with Crippen LogP contribution in [0.5, 0.6) is 0 Å². The molecule has 0 aromatic carbocycles. The van der Waals surface area contributed by atoms with Gasteiger partial charge >= 0.3 is 6.09 Å². The smallest absolute Gasteiger partial charge is 0.407 e. The van der Waals surface area contributed by atoms with E-state index in [0.29, 0.717) is 31.4 Å². The van der Waals surface area contributed by atoms with Crippen molar-refractivity contribution in [2.45, 2.75) is 103 Å². The van der Waals surface area contributed by atoms with Crippen molar-refractivity contribution < 1.29 is 19.4 Å². The standard InChI is InChI=1S/C23H42N2O4/c1-4-5-11-20(22(27)19-13-21(19)26)24-14-18(12-16(2)3)25-23(28)29-15-17-9-7-6-8-10-17/h16-20,22,24,27H,4-15H2,1-3H3,(H,25,28)/t18-,19?,20+,22?/m1/s1. The summed E-state index contributed by atoms with van der Waals surface area (Å²) in [6.07, 6.45) is 9.31. The van der Waals surface area contributed by atoms with Crippen molar-refractivity contribution in [1.82, 2.24) is 10.6 Å². The molecule has 1 amide bonds. The maximum Gasteiger partial charge on any atom is 0.407 e. The Hall–Kier alpha value is -1.14. The fourth-order valence-corrected chi connectivity index (χ4v) is 4.38. The molecule has 0 saturated heterocycles. The van der Waals surface area contributed by atoms with E-state index < -0.39 is 6.10 Å². The molecular formula is C23H42N2O4. The third kappa shape index (κ3) is 9.04. The Kier molecular flexibility index (Phi) is 10.4. The maximum atomic E-state index is 12.3. The molecule has 0 heterocycles. The molecule has 6 heteroatoms. The van der Waals surface area contributed by atoms with Crippen LogP contribution in [0.15, 0.2) is 0 Å². The van der Waals surface area contributed by atoms with Crippen LogP contribution in [-0.4, -0.2) is 48.3 Å². The van der Waals surface area contributed by atoms with Crippen molar-refractivity contribution in [3.05, 3.63) is 0 Å². The van der Waals surface area contributed by atoms with Crippen molar-refractivity contribution in [3.8, 4) is 0 Å². The van der Waals surface area contributed by atoms with E-state index in [1.54, 1.807) is 0 Å². The number of amides is 1. The maximum absolute atomic E-state index is 12.3. The summed E-state index contributed by atoms with van der Waals surface area (Å²) in [5.74, 6) is 0.885. The molecule has 2 unspecified atom stereocenters. The molecule has 4 atom stereocenters. The molecule has 0 aromatic rings. The van der Waals surface area contributed by atoms with Gasteiger partial charge in [0.05, 0.1) is 18.6 Å². The average molecular weight is 411 g/mol. The summed E-state index contributed by atoms with van der Waals surface area (Å²) in [5.41, 5.74) is 0. The lowest BCUT2D eigenvalue weighted by Gasteiger charge is -2.28. The highest BCUT2D eigenvalue weighted by atomic mass is 16.5. The molecule has 0 spiro atoms. The number of carbonyl (C=O) groups is 2. The van der Waals surface area contributed by atoms with Gasteiger partial charge in [0.1, 0.15) is 5.78 Å². The summed E-state index contributed by atoms with van der Waals surface area (Å²) in [5, 5.41) is 17.0. The lowest BCUT2D eigenvalue weighted by Crippen LogP contribution is -2.49. The molecule has 2 fully saturated rings. The number of aliphatic hydroxyl groups excluding tert-OH is 1. The van der Waals surface area contributed by atoms with E-state index in [0.717, 1.165) is 38.5 Å². The zero-order valence-corrected chi connectivity index (χ0v) is 18.6. The SMILES string of the molecule is CCCC[C@H](NC[C@@H](CC(C)C)NC(=O)OCC1CCCCC1)C(O)C1CC1=O. The van der Waals surface area contributed by atoms with Gasteiger partial charge < -0.3 is 20.5 Å². The highest BCUT2D eigenvalue weighted by Gasteiger charge is 2.43. The molecular weight excluding hydrogens is 368 g/mol. The number of aliphatic hydroxyl groups is 1. The zero-order chi connectivity index (χ0) is 21.2. The first-order valence-corrected chi connectivity index (χ1v) is 11.8. The van der Waals surface area contributed by atoms with Gasteiger partial charge in [-0.15, -0.1) is 0 Å². The zero-order valence-electron chi connectivity index (χ0n) is 18.6. The highest BCUT2D eigenvalue weighted by molar-refractivity contribution is 5.96. The summed E-state index contributed by atoms with van der Waals surface area (Å²) < 4.78 is 5.50. The number of Topliss-reactive ketones (excluding diaryl/α,β-unsaturated/α-hetero) is 1. The van der Waals surface area contributed by atoms with Gasteiger partial charge in [-0.25, -0.2) is 4.79 Å². The fourth-order valence-electron chi connectivity index (χ4n) is 4.38. The van der Waals surface area contributed by atoms with Crippen LogP contribution in [0.3, 0.4) is 0 Å². The minimum absolute atomic E-state index is 0.0555. The van der Waals surface area contributed by atoms with Gasteiger partial charge in [-0.2, -0.15) is 0 Å². The molecule has 0 aliphatic heterocycles. The molecule has 0 radical (unpaired) electrons. The predicted octanol–water partition coefficient (Wildman–Crippen LogP) is 3.81. The Morgan fingerprint density at radius 1 is 1.24 bits per heavy atom. The lowest BCUT2D eigenvalue weighted by molar-refractivity contribution is -0.112. The monoisotopic (exact) mass is 410 g/mol. The van der Waals surface area contributed by atoms with Gasteiger partial charge in [0.2, 0.25) is 0 Å². The second kappa shape index (κ2) is 12.5. The molecule has 29 heavy (non-hydrogen) atoms. The molecule has 2 rings (SSSR count). The van der Waals surface area contributed by atoms with E-state index in [2.05, 4.69) is 31.4 Å². The first kappa shape index (κ1) is 24.1. The summed E-state index contributed by atoms with van der Waals surface area (Å²) in [6.45, 7) is 7.47. The molecule has 0 aromatic heterocycles. The number of hydrogen-bond acceptors (Lipinski definition) is 5. The summed E-state index contributed by atoms with van der Waals surface area (Å²) in [4.78, 5) is 23.8. The van der Waals surface area contributed by atoms with Crippen LogP contribution in [0.2, 0.25) is 0 Å². The van der Waals surface area contributed by atoms with Crippen molar-refractivity contribution in [1.29, 1.82) is 0 Å².